The topological polar surface area (TPSA) is 38.1 Å². The first kappa shape index (κ1) is 18.3. The average molecular weight is 366 g/mol. The summed E-state index contributed by atoms with van der Waals surface area (Å²) in [6, 6.07) is 16.2. The summed E-state index contributed by atoms with van der Waals surface area (Å²) in [5.41, 5.74) is 3.99. The molecular formula is C21H23N3OS. The van der Waals surface area contributed by atoms with Crippen molar-refractivity contribution < 1.29 is 4.79 Å². The van der Waals surface area contributed by atoms with E-state index in [2.05, 4.69) is 17.2 Å². The van der Waals surface area contributed by atoms with Crippen LogP contribution in [0.2, 0.25) is 0 Å². The summed E-state index contributed by atoms with van der Waals surface area (Å²) in [6.07, 6.45) is 5.85. The molecule has 0 spiro atoms. The maximum Gasteiger partial charge on any atom is 0.254 e. The Kier molecular flexibility index (Phi) is 5.78. The summed E-state index contributed by atoms with van der Waals surface area (Å²) in [7, 11) is 1.84. The zero-order valence-electron chi connectivity index (χ0n) is 15.3. The van der Waals surface area contributed by atoms with Gasteiger partial charge in [-0.25, -0.2) is 0 Å². The quantitative estimate of drug-likeness (QED) is 0.614. The zero-order chi connectivity index (χ0) is 18.5. The number of carbonyl (C=O) groups is 1. The van der Waals surface area contributed by atoms with Crippen molar-refractivity contribution in [2.24, 2.45) is 0 Å². The molecule has 1 aromatic heterocycles. The molecule has 0 aliphatic rings. The van der Waals surface area contributed by atoms with E-state index in [0.717, 1.165) is 28.1 Å². The van der Waals surface area contributed by atoms with Crippen LogP contribution in [-0.4, -0.2) is 33.9 Å². The Balaban J connectivity index is 1.68. The minimum absolute atomic E-state index is 0.0363. The highest BCUT2D eigenvalue weighted by molar-refractivity contribution is 7.98. The second-order valence-corrected chi connectivity index (χ2v) is 7.25. The van der Waals surface area contributed by atoms with E-state index in [-0.39, 0.29) is 5.91 Å². The average Bonchev–Trinajstić information content (AvgIpc) is 3.09. The van der Waals surface area contributed by atoms with Crippen molar-refractivity contribution in [3.63, 3.8) is 0 Å². The van der Waals surface area contributed by atoms with Crippen LogP contribution in [0.5, 0.6) is 0 Å². The van der Waals surface area contributed by atoms with E-state index >= 15 is 0 Å². The molecule has 4 nitrogen and oxygen atoms in total. The predicted molar refractivity (Wildman–Crippen MR) is 107 cm³/mol. The SMILES string of the molecule is CSc1ccc(C)c(C(=O)N(C)Cc2cnn(Cc3ccccc3)c2)c1. The van der Waals surface area contributed by atoms with Crippen molar-refractivity contribution in [3.05, 3.63) is 83.2 Å². The highest BCUT2D eigenvalue weighted by Crippen LogP contribution is 2.20. The molecule has 0 saturated carbocycles. The van der Waals surface area contributed by atoms with Crippen LogP contribution in [0.25, 0.3) is 0 Å². The molecular weight excluding hydrogens is 342 g/mol. The summed E-state index contributed by atoms with van der Waals surface area (Å²) < 4.78 is 1.91. The molecule has 134 valence electrons. The van der Waals surface area contributed by atoms with Crippen LogP contribution < -0.4 is 0 Å². The molecule has 3 rings (SSSR count). The summed E-state index contributed by atoms with van der Waals surface area (Å²) in [6.45, 7) is 3.24. The lowest BCUT2D eigenvalue weighted by molar-refractivity contribution is 0.0784. The fourth-order valence-electron chi connectivity index (χ4n) is 2.85. The molecule has 1 amide bonds. The van der Waals surface area contributed by atoms with Crippen molar-refractivity contribution in [2.45, 2.75) is 24.9 Å². The number of aromatic nitrogens is 2. The van der Waals surface area contributed by atoms with Crippen LogP contribution in [0.3, 0.4) is 0 Å². The van der Waals surface area contributed by atoms with Gasteiger partial charge in [-0.2, -0.15) is 5.10 Å². The minimum atomic E-state index is 0.0363. The van der Waals surface area contributed by atoms with Crippen LogP contribution in [0.4, 0.5) is 0 Å². The fraction of sp³-hybridized carbons (Fsp3) is 0.238. The summed E-state index contributed by atoms with van der Waals surface area (Å²) >= 11 is 1.64. The Morgan fingerprint density at radius 3 is 2.65 bits per heavy atom. The Hall–Kier alpha value is -2.53. The highest BCUT2D eigenvalue weighted by atomic mass is 32.2. The number of hydrogen-bond acceptors (Lipinski definition) is 3. The molecule has 26 heavy (non-hydrogen) atoms. The number of thioether (sulfide) groups is 1. The molecule has 5 heteroatoms. The normalized spacial score (nSPS) is 10.7. The van der Waals surface area contributed by atoms with Gasteiger partial charge in [0.25, 0.3) is 5.91 Å². The Morgan fingerprint density at radius 1 is 1.15 bits per heavy atom. The third-order valence-corrected chi connectivity index (χ3v) is 5.04. The highest BCUT2D eigenvalue weighted by Gasteiger charge is 2.15. The van der Waals surface area contributed by atoms with E-state index in [1.165, 1.54) is 5.56 Å². The third kappa shape index (κ3) is 4.35. The molecule has 1 heterocycles. The molecule has 3 aromatic rings. The van der Waals surface area contributed by atoms with Gasteiger partial charge in [-0.15, -0.1) is 11.8 Å². The predicted octanol–water partition coefficient (Wildman–Crippen LogP) is 4.23. The van der Waals surface area contributed by atoms with Gasteiger partial charge < -0.3 is 4.90 Å². The van der Waals surface area contributed by atoms with Gasteiger partial charge in [0, 0.05) is 35.8 Å². The molecule has 0 saturated heterocycles. The standard InChI is InChI=1S/C21H23N3OS/c1-16-9-10-19(26-3)11-20(16)21(25)23(2)13-18-12-22-24(15-18)14-17-7-5-4-6-8-17/h4-12,15H,13-14H2,1-3H3. The van der Waals surface area contributed by atoms with Crippen LogP contribution in [0.1, 0.15) is 27.0 Å². The number of amides is 1. The van der Waals surface area contributed by atoms with Crippen LogP contribution in [0.15, 0.2) is 65.8 Å². The van der Waals surface area contributed by atoms with E-state index in [1.807, 2.05) is 73.7 Å². The van der Waals surface area contributed by atoms with Crippen LogP contribution >= 0.6 is 11.8 Å². The van der Waals surface area contributed by atoms with Gasteiger partial charge in [-0.1, -0.05) is 36.4 Å². The molecule has 0 radical (unpaired) electrons. The Bertz CT molecular complexity index is 889. The van der Waals surface area contributed by atoms with Crippen LogP contribution in [-0.2, 0) is 13.1 Å². The number of aryl methyl sites for hydroxylation is 1. The van der Waals surface area contributed by atoms with E-state index in [4.69, 9.17) is 0 Å². The van der Waals surface area contributed by atoms with Gasteiger partial charge in [-0.05, 0) is 36.4 Å². The maximum absolute atomic E-state index is 12.8. The number of carbonyl (C=O) groups excluding carboxylic acids is 1. The van der Waals surface area contributed by atoms with Gasteiger partial charge in [0.05, 0.1) is 12.7 Å². The molecule has 0 unspecified atom stereocenters. The first-order valence-electron chi connectivity index (χ1n) is 8.52. The molecule has 0 fully saturated rings. The molecule has 0 aliphatic heterocycles. The number of nitrogens with zero attached hydrogens (tertiary/aromatic N) is 3. The van der Waals surface area contributed by atoms with Gasteiger partial charge in [0.2, 0.25) is 0 Å². The van der Waals surface area contributed by atoms with Gasteiger partial charge in [0.15, 0.2) is 0 Å². The largest absolute Gasteiger partial charge is 0.337 e. The first-order chi connectivity index (χ1) is 12.6. The second kappa shape index (κ2) is 8.23. The van der Waals surface area contributed by atoms with Gasteiger partial charge in [-0.3, -0.25) is 9.48 Å². The number of hydrogen-bond donors (Lipinski definition) is 0. The lowest BCUT2D eigenvalue weighted by atomic mass is 10.1. The molecule has 2 aromatic carbocycles. The summed E-state index contributed by atoms with van der Waals surface area (Å²) in [5, 5.41) is 4.42. The first-order valence-corrected chi connectivity index (χ1v) is 9.74. The van der Waals surface area contributed by atoms with Crippen molar-refractivity contribution in [2.75, 3.05) is 13.3 Å². The monoisotopic (exact) mass is 365 g/mol. The number of benzene rings is 2. The van der Waals surface area contributed by atoms with Crippen molar-refractivity contribution in [1.82, 2.24) is 14.7 Å². The Labute approximate surface area is 158 Å². The lowest BCUT2D eigenvalue weighted by Crippen LogP contribution is -2.26. The van der Waals surface area contributed by atoms with E-state index in [0.29, 0.717) is 6.54 Å². The maximum atomic E-state index is 12.8. The Morgan fingerprint density at radius 2 is 1.92 bits per heavy atom. The molecule has 0 aliphatic carbocycles. The van der Waals surface area contributed by atoms with Gasteiger partial charge >= 0.3 is 0 Å². The van der Waals surface area contributed by atoms with Gasteiger partial charge in [0.1, 0.15) is 0 Å². The second-order valence-electron chi connectivity index (χ2n) is 6.37. The van der Waals surface area contributed by atoms with E-state index in [1.54, 1.807) is 16.7 Å². The molecule has 0 atom stereocenters. The van der Waals surface area contributed by atoms with Crippen molar-refractivity contribution in [3.8, 4) is 0 Å². The summed E-state index contributed by atoms with van der Waals surface area (Å²) in [5.74, 6) is 0.0363. The van der Waals surface area contributed by atoms with E-state index < -0.39 is 0 Å². The molecule has 0 N–H and O–H groups in total. The fourth-order valence-corrected chi connectivity index (χ4v) is 3.29. The van der Waals surface area contributed by atoms with Crippen LogP contribution in [0, 0.1) is 6.92 Å². The minimum Gasteiger partial charge on any atom is -0.337 e. The third-order valence-electron chi connectivity index (χ3n) is 4.32. The lowest BCUT2D eigenvalue weighted by Gasteiger charge is -2.18. The zero-order valence-corrected chi connectivity index (χ0v) is 16.2. The van der Waals surface area contributed by atoms with Crippen molar-refractivity contribution >= 4 is 17.7 Å². The summed E-state index contributed by atoms with van der Waals surface area (Å²) in [4.78, 5) is 15.7. The van der Waals surface area contributed by atoms with Crippen molar-refractivity contribution in [1.29, 1.82) is 0 Å². The smallest absolute Gasteiger partial charge is 0.254 e. The number of rotatable bonds is 6. The molecule has 0 bridgehead atoms. The van der Waals surface area contributed by atoms with E-state index in [9.17, 15) is 4.79 Å².